The molecule has 1 fully saturated rings. The Morgan fingerprint density at radius 3 is 2.82 bits per heavy atom. The van der Waals surface area contributed by atoms with Gasteiger partial charge in [0.25, 0.3) is 0 Å². The molecule has 1 heterocycles. The second-order valence-electron chi connectivity index (χ2n) is 4.11. The average molecular weight is 256 g/mol. The van der Waals surface area contributed by atoms with Gasteiger partial charge in [0.2, 0.25) is 0 Å². The van der Waals surface area contributed by atoms with Crippen LogP contribution >= 0.6 is 11.6 Å². The van der Waals surface area contributed by atoms with Crippen LogP contribution in [-0.2, 0) is 9.47 Å². The van der Waals surface area contributed by atoms with Gasteiger partial charge in [0.1, 0.15) is 6.10 Å². The van der Waals surface area contributed by atoms with Crippen LogP contribution in [0.5, 0.6) is 0 Å². The van der Waals surface area contributed by atoms with Crippen LogP contribution in [0.2, 0.25) is 5.02 Å². The first-order valence-corrected chi connectivity index (χ1v) is 6.37. The van der Waals surface area contributed by atoms with E-state index < -0.39 is 0 Å². The summed E-state index contributed by atoms with van der Waals surface area (Å²) >= 11 is 6.20. The zero-order chi connectivity index (χ0) is 12.1. The summed E-state index contributed by atoms with van der Waals surface area (Å²) in [5.74, 6) is 0. The molecule has 2 rings (SSSR count). The molecule has 0 bridgehead atoms. The maximum atomic E-state index is 6.20. The number of rotatable bonds is 6. The minimum Gasteiger partial charge on any atom is -0.376 e. The highest BCUT2D eigenvalue weighted by Gasteiger charge is 2.25. The summed E-state index contributed by atoms with van der Waals surface area (Å²) in [5, 5.41) is 4.06. The van der Waals surface area contributed by atoms with Crippen molar-refractivity contribution in [1.29, 1.82) is 0 Å². The number of benzene rings is 1. The minimum absolute atomic E-state index is 0.00227. The van der Waals surface area contributed by atoms with Gasteiger partial charge in [-0.15, -0.1) is 0 Å². The van der Waals surface area contributed by atoms with Gasteiger partial charge in [0, 0.05) is 17.1 Å². The molecule has 0 aromatic heterocycles. The van der Waals surface area contributed by atoms with Crippen molar-refractivity contribution >= 4 is 11.6 Å². The molecule has 1 aliphatic rings. The van der Waals surface area contributed by atoms with E-state index in [0.717, 1.165) is 23.7 Å². The largest absolute Gasteiger partial charge is 0.376 e. The number of ether oxygens (including phenoxy) is 2. The molecular formula is C13H18ClNO2. The first-order valence-electron chi connectivity index (χ1n) is 5.99. The summed E-state index contributed by atoms with van der Waals surface area (Å²) < 4.78 is 11.1. The Balaban J connectivity index is 2.05. The van der Waals surface area contributed by atoms with E-state index in [-0.39, 0.29) is 12.2 Å². The predicted molar refractivity (Wildman–Crippen MR) is 68.4 cm³/mol. The lowest BCUT2D eigenvalue weighted by molar-refractivity contribution is -0.155. The molecule has 1 atom stereocenters. The molecule has 0 radical (unpaired) electrons. The van der Waals surface area contributed by atoms with E-state index in [4.69, 9.17) is 21.1 Å². The molecule has 0 saturated carbocycles. The third kappa shape index (κ3) is 3.42. The fourth-order valence-corrected chi connectivity index (χ4v) is 2.03. The van der Waals surface area contributed by atoms with Gasteiger partial charge in [-0.25, -0.2) is 0 Å². The molecule has 0 aliphatic carbocycles. The first kappa shape index (κ1) is 12.8. The van der Waals surface area contributed by atoms with Crippen molar-refractivity contribution < 1.29 is 9.47 Å². The summed E-state index contributed by atoms with van der Waals surface area (Å²) in [5.41, 5.74) is 1.04. The number of hydrogen-bond acceptors (Lipinski definition) is 3. The Hall–Kier alpha value is -0.610. The van der Waals surface area contributed by atoms with Crippen LogP contribution in [0.4, 0.5) is 0 Å². The van der Waals surface area contributed by atoms with Crippen LogP contribution in [0.1, 0.15) is 18.6 Å². The normalized spacial score (nSPS) is 17.8. The lowest BCUT2D eigenvalue weighted by Gasteiger charge is -2.31. The molecule has 0 amide bonds. The number of nitrogens with one attached hydrogen (secondary N) is 1. The highest BCUT2D eigenvalue weighted by Crippen LogP contribution is 2.27. The molecule has 1 N–H and O–H groups in total. The molecule has 1 aliphatic heterocycles. The third-order valence-electron chi connectivity index (χ3n) is 2.80. The quantitative estimate of drug-likeness (QED) is 0.847. The van der Waals surface area contributed by atoms with Crippen molar-refractivity contribution in [2.24, 2.45) is 0 Å². The van der Waals surface area contributed by atoms with Crippen LogP contribution in [0.15, 0.2) is 24.3 Å². The first-order chi connectivity index (χ1) is 8.31. The van der Waals surface area contributed by atoms with Crippen LogP contribution in [-0.4, -0.2) is 32.4 Å². The van der Waals surface area contributed by atoms with Gasteiger partial charge in [-0.2, -0.15) is 0 Å². The highest BCUT2D eigenvalue weighted by atomic mass is 35.5. The van der Waals surface area contributed by atoms with E-state index in [0.29, 0.717) is 13.2 Å². The maximum absolute atomic E-state index is 6.20. The highest BCUT2D eigenvalue weighted by molar-refractivity contribution is 6.31. The van der Waals surface area contributed by atoms with Crippen molar-refractivity contribution in [1.82, 2.24) is 5.32 Å². The van der Waals surface area contributed by atoms with Gasteiger partial charge in [-0.3, -0.25) is 0 Å². The summed E-state index contributed by atoms with van der Waals surface area (Å²) in [6, 6.07) is 7.84. The van der Waals surface area contributed by atoms with Gasteiger partial charge >= 0.3 is 0 Å². The molecule has 1 saturated heterocycles. The standard InChI is InChI=1S/C13H18ClNO2/c1-2-15-7-13(17-10-8-16-9-10)11-5-3-4-6-12(11)14/h3-6,10,13,15H,2,7-9H2,1H3. The SMILES string of the molecule is CCNCC(OC1COC1)c1ccccc1Cl. The van der Waals surface area contributed by atoms with Crippen LogP contribution in [0, 0.1) is 0 Å². The fourth-order valence-electron chi connectivity index (χ4n) is 1.77. The number of halogens is 1. The van der Waals surface area contributed by atoms with Gasteiger partial charge in [-0.1, -0.05) is 36.7 Å². The molecule has 1 aromatic carbocycles. The van der Waals surface area contributed by atoms with Crippen molar-refractivity contribution in [2.75, 3.05) is 26.3 Å². The molecular weight excluding hydrogens is 238 g/mol. The monoisotopic (exact) mass is 255 g/mol. The average Bonchev–Trinajstić information content (AvgIpc) is 2.28. The summed E-state index contributed by atoms with van der Waals surface area (Å²) in [6.45, 7) is 5.15. The van der Waals surface area contributed by atoms with Crippen LogP contribution in [0.3, 0.4) is 0 Å². The third-order valence-corrected chi connectivity index (χ3v) is 3.14. The topological polar surface area (TPSA) is 30.5 Å². The number of likely N-dealkylation sites (N-methyl/N-ethyl adjacent to an activating group) is 1. The van der Waals surface area contributed by atoms with Crippen molar-refractivity contribution in [3.05, 3.63) is 34.9 Å². The van der Waals surface area contributed by atoms with Gasteiger partial charge in [0.15, 0.2) is 0 Å². The van der Waals surface area contributed by atoms with Crippen molar-refractivity contribution in [2.45, 2.75) is 19.1 Å². The lowest BCUT2D eigenvalue weighted by atomic mass is 10.1. The van der Waals surface area contributed by atoms with Crippen molar-refractivity contribution in [3.8, 4) is 0 Å². The molecule has 1 aromatic rings. The van der Waals surface area contributed by atoms with E-state index in [1.165, 1.54) is 0 Å². The zero-order valence-electron chi connectivity index (χ0n) is 9.99. The lowest BCUT2D eigenvalue weighted by Crippen LogP contribution is -2.39. The molecule has 1 unspecified atom stereocenters. The van der Waals surface area contributed by atoms with E-state index in [9.17, 15) is 0 Å². The molecule has 0 spiro atoms. The van der Waals surface area contributed by atoms with Gasteiger partial charge in [0.05, 0.1) is 19.3 Å². The Kier molecular flexibility index (Phi) is 4.80. The number of hydrogen-bond donors (Lipinski definition) is 1. The maximum Gasteiger partial charge on any atom is 0.105 e. The molecule has 4 heteroatoms. The Morgan fingerprint density at radius 1 is 1.47 bits per heavy atom. The van der Waals surface area contributed by atoms with Gasteiger partial charge in [-0.05, 0) is 12.6 Å². The summed E-state index contributed by atoms with van der Waals surface area (Å²) in [6.07, 6.45) is 0.201. The Bertz CT molecular complexity index is 355. The predicted octanol–water partition coefficient (Wildman–Crippen LogP) is 2.41. The van der Waals surface area contributed by atoms with E-state index in [2.05, 4.69) is 12.2 Å². The molecule has 17 heavy (non-hydrogen) atoms. The Labute approximate surface area is 107 Å². The second kappa shape index (κ2) is 6.36. The molecule has 94 valence electrons. The van der Waals surface area contributed by atoms with E-state index in [1.54, 1.807) is 0 Å². The summed E-state index contributed by atoms with van der Waals surface area (Å²) in [4.78, 5) is 0. The zero-order valence-corrected chi connectivity index (χ0v) is 10.7. The van der Waals surface area contributed by atoms with Crippen molar-refractivity contribution in [3.63, 3.8) is 0 Å². The fraction of sp³-hybridized carbons (Fsp3) is 0.538. The van der Waals surface area contributed by atoms with Crippen LogP contribution in [0.25, 0.3) is 0 Å². The van der Waals surface area contributed by atoms with Crippen LogP contribution < -0.4 is 5.32 Å². The van der Waals surface area contributed by atoms with E-state index in [1.807, 2.05) is 24.3 Å². The van der Waals surface area contributed by atoms with Gasteiger partial charge < -0.3 is 14.8 Å². The summed E-state index contributed by atoms with van der Waals surface area (Å²) in [7, 11) is 0. The van der Waals surface area contributed by atoms with E-state index >= 15 is 0 Å². The Morgan fingerprint density at radius 2 is 2.24 bits per heavy atom. The minimum atomic E-state index is -0.00227. The second-order valence-corrected chi connectivity index (χ2v) is 4.52. The molecule has 3 nitrogen and oxygen atoms in total. The smallest absolute Gasteiger partial charge is 0.105 e.